The van der Waals surface area contributed by atoms with Crippen LogP contribution in [-0.2, 0) is 19.1 Å². The number of guanidine groups is 1. The van der Waals surface area contributed by atoms with Crippen molar-refractivity contribution in [2.75, 3.05) is 13.6 Å². The number of rotatable bonds is 6. The van der Waals surface area contributed by atoms with E-state index in [4.69, 9.17) is 0 Å². The molecule has 5 nitrogen and oxygen atoms in total. The van der Waals surface area contributed by atoms with Crippen molar-refractivity contribution in [3.8, 4) is 5.75 Å². The van der Waals surface area contributed by atoms with Crippen LogP contribution in [0.15, 0.2) is 34.6 Å². The van der Waals surface area contributed by atoms with Gasteiger partial charge in [-0.25, -0.2) is 4.98 Å². The van der Waals surface area contributed by atoms with E-state index in [1.807, 2.05) is 0 Å². The smallest absolute Gasteiger partial charge is 0.405 e. The molecule has 29 heavy (non-hydrogen) atoms. The van der Waals surface area contributed by atoms with Gasteiger partial charge in [-0.2, -0.15) is 13.2 Å². The van der Waals surface area contributed by atoms with Crippen LogP contribution in [0.25, 0.3) is 0 Å². The van der Waals surface area contributed by atoms with Crippen molar-refractivity contribution in [2.24, 2.45) is 4.99 Å². The van der Waals surface area contributed by atoms with Crippen molar-refractivity contribution in [1.82, 2.24) is 15.6 Å². The lowest BCUT2D eigenvalue weighted by Crippen LogP contribution is -2.38. The molecular weight excluding hydrogens is 537 g/mol. The van der Waals surface area contributed by atoms with Crippen molar-refractivity contribution in [3.63, 3.8) is 0 Å². The van der Waals surface area contributed by atoms with Gasteiger partial charge in [0, 0.05) is 37.5 Å². The molecule has 0 fully saturated rings. The summed E-state index contributed by atoms with van der Waals surface area (Å²) in [5, 5.41) is 6.94. The Kier molecular flexibility index (Phi) is 9.45. The molecule has 0 amide bonds. The van der Waals surface area contributed by atoms with Gasteiger partial charge < -0.3 is 15.4 Å². The summed E-state index contributed by atoms with van der Waals surface area (Å²) in [4.78, 5) is 7.43. The largest absolute Gasteiger partial charge is 0.573 e. The van der Waals surface area contributed by atoms with Crippen LogP contribution in [0.5, 0.6) is 5.75 Å². The fraction of sp³-hybridized carbons (Fsp3) is 0.375. The number of halogens is 7. The Morgan fingerprint density at radius 3 is 2.41 bits per heavy atom. The highest BCUT2D eigenvalue weighted by atomic mass is 127. The Bertz CT molecular complexity index is 809. The summed E-state index contributed by atoms with van der Waals surface area (Å²) in [7, 11) is 1.46. The molecule has 0 saturated heterocycles. The van der Waals surface area contributed by atoms with E-state index in [2.05, 4.69) is 25.3 Å². The van der Waals surface area contributed by atoms with Gasteiger partial charge in [-0.05, 0) is 6.07 Å². The molecule has 0 aliphatic heterocycles. The lowest BCUT2D eigenvalue weighted by atomic mass is 10.2. The highest BCUT2D eigenvalue weighted by Gasteiger charge is 2.33. The summed E-state index contributed by atoms with van der Waals surface area (Å²) in [6.07, 6.45) is -9.06. The zero-order valence-electron chi connectivity index (χ0n) is 14.9. The maximum atomic E-state index is 12.5. The first-order valence-corrected chi connectivity index (χ1v) is 8.76. The zero-order chi connectivity index (χ0) is 20.8. The maximum Gasteiger partial charge on any atom is 0.573 e. The molecule has 0 saturated carbocycles. The fourth-order valence-corrected chi connectivity index (χ4v) is 2.92. The van der Waals surface area contributed by atoms with Crippen molar-refractivity contribution in [3.05, 3.63) is 45.9 Å². The molecule has 13 heteroatoms. The number of nitrogens with one attached hydrogen (secondary N) is 2. The maximum absolute atomic E-state index is 12.5. The Labute approximate surface area is 183 Å². The molecule has 2 N–H and O–H groups in total. The topological polar surface area (TPSA) is 58.5 Å². The third-order valence-electron chi connectivity index (χ3n) is 3.34. The number of thiazole rings is 1. The molecule has 2 aromatic rings. The first-order valence-electron chi connectivity index (χ1n) is 7.88. The number of para-hydroxylation sites is 1. The quantitative estimate of drug-likeness (QED) is 0.238. The summed E-state index contributed by atoms with van der Waals surface area (Å²) in [5.74, 6) is -0.0603. The van der Waals surface area contributed by atoms with Gasteiger partial charge in [0.25, 0.3) is 0 Å². The molecule has 1 heterocycles. The van der Waals surface area contributed by atoms with E-state index in [1.165, 1.54) is 25.2 Å². The fourth-order valence-electron chi connectivity index (χ4n) is 2.12. The number of hydrogen-bond donors (Lipinski definition) is 2. The van der Waals surface area contributed by atoms with Crippen LogP contribution in [0.4, 0.5) is 26.3 Å². The standard InChI is InChI=1S/C16H16F6N4OS.HI/c1-23-14(24-7-6-13-26-12(9-28-13)15(17,18)19)25-8-10-4-2-3-5-11(10)27-16(20,21)22;/h2-5,9H,6-8H2,1H3,(H2,23,24,25);1H. The zero-order valence-corrected chi connectivity index (χ0v) is 18.0. The second-order valence-corrected chi connectivity index (χ2v) is 6.32. The normalized spacial score (nSPS) is 12.3. The van der Waals surface area contributed by atoms with Crippen LogP contribution in [0.3, 0.4) is 0 Å². The van der Waals surface area contributed by atoms with E-state index >= 15 is 0 Å². The minimum atomic E-state index is -4.81. The molecule has 0 atom stereocenters. The molecule has 0 bridgehead atoms. The highest BCUT2D eigenvalue weighted by molar-refractivity contribution is 14.0. The lowest BCUT2D eigenvalue weighted by molar-refractivity contribution is -0.274. The van der Waals surface area contributed by atoms with Gasteiger partial charge in [0.15, 0.2) is 11.7 Å². The minimum Gasteiger partial charge on any atom is -0.405 e. The minimum absolute atomic E-state index is 0. The number of benzene rings is 1. The van der Waals surface area contributed by atoms with Crippen LogP contribution >= 0.6 is 35.3 Å². The number of nitrogens with zero attached hydrogens (tertiary/aromatic N) is 2. The van der Waals surface area contributed by atoms with Crippen LogP contribution in [0.2, 0.25) is 0 Å². The van der Waals surface area contributed by atoms with Crippen molar-refractivity contribution >= 4 is 41.3 Å². The third kappa shape index (κ3) is 8.64. The van der Waals surface area contributed by atoms with Crippen LogP contribution in [0, 0.1) is 0 Å². The lowest BCUT2D eigenvalue weighted by Gasteiger charge is -2.15. The average Bonchev–Trinajstić information content (AvgIpc) is 3.07. The summed E-state index contributed by atoms with van der Waals surface area (Å²) >= 11 is 0.899. The monoisotopic (exact) mass is 554 g/mol. The average molecular weight is 554 g/mol. The molecule has 1 aromatic carbocycles. The van der Waals surface area contributed by atoms with Gasteiger partial charge in [-0.3, -0.25) is 4.99 Å². The molecule has 1 aromatic heterocycles. The Morgan fingerprint density at radius 1 is 1.14 bits per heavy atom. The number of aliphatic imine (C=N–C) groups is 1. The van der Waals surface area contributed by atoms with E-state index in [1.54, 1.807) is 6.07 Å². The molecule has 2 rings (SSSR count). The van der Waals surface area contributed by atoms with Gasteiger partial charge in [0.05, 0.1) is 5.01 Å². The van der Waals surface area contributed by atoms with Gasteiger partial charge in [0.1, 0.15) is 5.75 Å². The van der Waals surface area contributed by atoms with Crippen LogP contribution in [0.1, 0.15) is 16.3 Å². The summed E-state index contributed by atoms with van der Waals surface area (Å²) in [6, 6.07) is 5.65. The molecule has 162 valence electrons. The van der Waals surface area contributed by atoms with Crippen molar-refractivity contribution in [1.29, 1.82) is 0 Å². The molecule has 0 spiro atoms. The van der Waals surface area contributed by atoms with E-state index in [-0.39, 0.29) is 60.8 Å². The summed E-state index contributed by atoms with van der Waals surface area (Å²) < 4.78 is 78.8. The first kappa shape index (κ1) is 25.3. The second kappa shape index (κ2) is 10.8. The van der Waals surface area contributed by atoms with Gasteiger partial charge in [-0.15, -0.1) is 48.5 Å². The van der Waals surface area contributed by atoms with E-state index in [0.29, 0.717) is 5.01 Å². The number of aromatic nitrogens is 1. The van der Waals surface area contributed by atoms with Gasteiger partial charge >= 0.3 is 12.5 Å². The summed E-state index contributed by atoms with van der Waals surface area (Å²) in [6.45, 7) is 0.243. The Morgan fingerprint density at radius 2 is 1.83 bits per heavy atom. The summed E-state index contributed by atoms with van der Waals surface area (Å²) in [5.41, 5.74) is -0.672. The predicted octanol–water partition coefficient (Wildman–Crippen LogP) is 4.59. The highest BCUT2D eigenvalue weighted by Crippen LogP contribution is 2.30. The molecule has 0 aliphatic rings. The molecule has 0 radical (unpaired) electrons. The van der Waals surface area contributed by atoms with Gasteiger partial charge in [-0.1, -0.05) is 18.2 Å². The molecule has 0 unspecified atom stereocenters. The molecule has 0 aliphatic carbocycles. The van der Waals surface area contributed by atoms with E-state index in [0.717, 1.165) is 16.7 Å². The second-order valence-electron chi connectivity index (χ2n) is 5.38. The number of hydrogen-bond acceptors (Lipinski definition) is 4. The molecular formula is C16H17F6IN4OS. The van der Waals surface area contributed by atoms with Gasteiger partial charge in [0.2, 0.25) is 0 Å². The van der Waals surface area contributed by atoms with Crippen molar-refractivity contribution < 1.29 is 31.1 Å². The van der Waals surface area contributed by atoms with Crippen LogP contribution < -0.4 is 15.4 Å². The SMILES string of the molecule is CN=C(NCCc1nc(C(F)(F)F)cs1)NCc1ccccc1OC(F)(F)F.I. The number of ether oxygens (including phenoxy) is 1. The number of alkyl halides is 6. The predicted molar refractivity (Wildman–Crippen MR) is 108 cm³/mol. The van der Waals surface area contributed by atoms with E-state index < -0.39 is 18.2 Å². The Balaban J connectivity index is 0.00000420. The third-order valence-corrected chi connectivity index (χ3v) is 4.25. The van der Waals surface area contributed by atoms with Crippen molar-refractivity contribution in [2.45, 2.75) is 25.5 Å². The van der Waals surface area contributed by atoms with E-state index in [9.17, 15) is 26.3 Å². The first-order chi connectivity index (χ1) is 13.1. The Hall–Kier alpha value is -1.77. The van der Waals surface area contributed by atoms with Crippen LogP contribution in [-0.4, -0.2) is 30.9 Å².